The third kappa shape index (κ3) is 3.00. The number of carbonyl (C=O) groups excluding carboxylic acids is 1. The third-order valence-corrected chi connectivity index (χ3v) is 2.74. The molecule has 0 amide bonds. The zero-order chi connectivity index (χ0) is 14.5. The van der Waals surface area contributed by atoms with E-state index in [0.29, 0.717) is 11.3 Å². The first-order valence-electron chi connectivity index (χ1n) is 5.93. The average Bonchev–Trinajstić information content (AvgIpc) is 2.45. The Hall–Kier alpha value is -2.69. The first-order chi connectivity index (χ1) is 9.61. The molecule has 0 aliphatic carbocycles. The predicted octanol–water partition coefficient (Wildman–Crippen LogP) is 2.46. The molecule has 0 saturated carbocycles. The van der Waals surface area contributed by atoms with Crippen LogP contribution >= 0.6 is 0 Å². The van der Waals surface area contributed by atoms with Crippen LogP contribution in [0.4, 0.5) is 0 Å². The maximum atomic E-state index is 11.8. The number of esters is 1. The second-order valence-corrected chi connectivity index (χ2v) is 4.10. The van der Waals surface area contributed by atoms with Crippen LogP contribution in [-0.2, 0) is 11.3 Å². The highest BCUT2D eigenvalue weighted by Gasteiger charge is 2.12. The van der Waals surface area contributed by atoms with Crippen molar-refractivity contribution in [2.24, 2.45) is 0 Å². The van der Waals surface area contributed by atoms with Gasteiger partial charge in [0.05, 0.1) is 7.11 Å². The molecule has 0 atom stereocenters. The SMILES string of the molecule is COc1ccc(COC(=O)c2ccccc2O)cc1O. The zero-order valence-electron chi connectivity index (χ0n) is 10.9. The summed E-state index contributed by atoms with van der Waals surface area (Å²) in [6.07, 6.45) is 0. The van der Waals surface area contributed by atoms with Gasteiger partial charge in [-0.1, -0.05) is 18.2 Å². The Kier molecular flexibility index (Phi) is 4.10. The van der Waals surface area contributed by atoms with Crippen LogP contribution in [-0.4, -0.2) is 23.3 Å². The van der Waals surface area contributed by atoms with Crippen LogP contribution in [0.3, 0.4) is 0 Å². The van der Waals surface area contributed by atoms with Gasteiger partial charge in [0.15, 0.2) is 11.5 Å². The molecule has 0 radical (unpaired) electrons. The van der Waals surface area contributed by atoms with Crippen molar-refractivity contribution in [3.63, 3.8) is 0 Å². The molecule has 0 spiro atoms. The van der Waals surface area contributed by atoms with Gasteiger partial charge in [-0.3, -0.25) is 0 Å². The highest BCUT2D eigenvalue weighted by molar-refractivity contribution is 5.92. The molecule has 2 rings (SSSR count). The van der Waals surface area contributed by atoms with Crippen LogP contribution in [0.15, 0.2) is 42.5 Å². The zero-order valence-corrected chi connectivity index (χ0v) is 10.9. The van der Waals surface area contributed by atoms with E-state index in [0.717, 1.165) is 0 Å². The molecule has 0 aliphatic heterocycles. The van der Waals surface area contributed by atoms with Gasteiger partial charge in [-0.2, -0.15) is 0 Å². The Balaban J connectivity index is 2.04. The van der Waals surface area contributed by atoms with Crippen molar-refractivity contribution in [1.29, 1.82) is 0 Å². The lowest BCUT2D eigenvalue weighted by Crippen LogP contribution is -2.05. The Morgan fingerprint density at radius 1 is 1.10 bits per heavy atom. The topological polar surface area (TPSA) is 76.0 Å². The molecule has 2 aromatic carbocycles. The van der Waals surface area contributed by atoms with Crippen LogP contribution in [0.1, 0.15) is 15.9 Å². The fourth-order valence-electron chi connectivity index (χ4n) is 1.70. The van der Waals surface area contributed by atoms with E-state index >= 15 is 0 Å². The van der Waals surface area contributed by atoms with Crippen molar-refractivity contribution < 1.29 is 24.5 Å². The van der Waals surface area contributed by atoms with Crippen LogP contribution in [0.2, 0.25) is 0 Å². The number of para-hydroxylation sites is 1. The maximum Gasteiger partial charge on any atom is 0.342 e. The molecule has 104 valence electrons. The summed E-state index contributed by atoms with van der Waals surface area (Å²) in [6, 6.07) is 10.9. The Bertz CT molecular complexity index is 621. The molecule has 0 unspecified atom stereocenters. The first-order valence-corrected chi connectivity index (χ1v) is 5.93. The fraction of sp³-hybridized carbons (Fsp3) is 0.133. The number of methoxy groups -OCH3 is 1. The largest absolute Gasteiger partial charge is 0.507 e. The van der Waals surface area contributed by atoms with Crippen LogP contribution in [0, 0.1) is 0 Å². The molecule has 5 nitrogen and oxygen atoms in total. The number of hydrogen-bond donors (Lipinski definition) is 2. The summed E-state index contributed by atoms with van der Waals surface area (Å²) in [7, 11) is 1.45. The fourth-order valence-corrected chi connectivity index (χ4v) is 1.70. The smallest absolute Gasteiger partial charge is 0.342 e. The standard InChI is InChI=1S/C15H14O5/c1-19-14-7-6-10(8-13(14)17)9-20-15(18)11-4-2-3-5-12(11)16/h2-8,16-17H,9H2,1H3. The average molecular weight is 274 g/mol. The van der Waals surface area contributed by atoms with Crippen molar-refractivity contribution in [2.45, 2.75) is 6.61 Å². The van der Waals surface area contributed by atoms with Gasteiger partial charge in [0.25, 0.3) is 0 Å². The lowest BCUT2D eigenvalue weighted by atomic mass is 10.2. The number of benzene rings is 2. The van der Waals surface area contributed by atoms with Gasteiger partial charge in [-0.25, -0.2) is 4.79 Å². The minimum atomic E-state index is -0.626. The second kappa shape index (κ2) is 5.97. The number of aromatic hydroxyl groups is 2. The predicted molar refractivity (Wildman–Crippen MR) is 71.9 cm³/mol. The number of rotatable bonds is 4. The Morgan fingerprint density at radius 2 is 1.85 bits per heavy atom. The number of carbonyl (C=O) groups is 1. The Labute approximate surface area is 116 Å². The lowest BCUT2D eigenvalue weighted by molar-refractivity contribution is 0.0469. The minimum absolute atomic E-state index is 0.00920. The number of hydrogen-bond acceptors (Lipinski definition) is 5. The summed E-state index contributed by atoms with van der Waals surface area (Å²) in [5.41, 5.74) is 0.720. The number of phenolic OH excluding ortho intramolecular Hbond substituents is 2. The van der Waals surface area contributed by atoms with Gasteiger partial charge in [0.2, 0.25) is 0 Å². The normalized spacial score (nSPS) is 10.1. The van der Waals surface area contributed by atoms with E-state index < -0.39 is 5.97 Å². The van der Waals surface area contributed by atoms with Gasteiger partial charge in [0.1, 0.15) is 17.9 Å². The Morgan fingerprint density at radius 3 is 2.50 bits per heavy atom. The van der Waals surface area contributed by atoms with E-state index in [1.54, 1.807) is 24.3 Å². The third-order valence-electron chi connectivity index (χ3n) is 2.74. The van der Waals surface area contributed by atoms with Crippen molar-refractivity contribution in [3.05, 3.63) is 53.6 Å². The summed E-state index contributed by atoms with van der Waals surface area (Å²) >= 11 is 0. The molecule has 0 saturated heterocycles. The van der Waals surface area contributed by atoms with Crippen LogP contribution < -0.4 is 4.74 Å². The molecular formula is C15H14O5. The summed E-state index contributed by atoms with van der Waals surface area (Å²) in [4.78, 5) is 11.8. The molecule has 2 aromatic rings. The molecule has 0 fully saturated rings. The summed E-state index contributed by atoms with van der Waals surface area (Å²) in [5.74, 6) is -0.433. The van der Waals surface area contributed by atoms with Gasteiger partial charge >= 0.3 is 5.97 Å². The van der Waals surface area contributed by atoms with Gasteiger partial charge in [-0.15, -0.1) is 0 Å². The van der Waals surface area contributed by atoms with E-state index in [1.807, 2.05) is 0 Å². The van der Waals surface area contributed by atoms with Crippen molar-refractivity contribution >= 4 is 5.97 Å². The summed E-state index contributed by atoms with van der Waals surface area (Å²) < 4.78 is 9.99. The van der Waals surface area contributed by atoms with Crippen molar-refractivity contribution in [2.75, 3.05) is 7.11 Å². The highest BCUT2D eigenvalue weighted by Crippen LogP contribution is 2.26. The van der Waals surface area contributed by atoms with Crippen molar-refractivity contribution in [1.82, 2.24) is 0 Å². The monoisotopic (exact) mass is 274 g/mol. The van der Waals surface area contributed by atoms with Crippen molar-refractivity contribution in [3.8, 4) is 17.2 Å². The molecular weight excluding hydrogens is 260 g/mol. The summed E-state index contributed by atoms with van der Waals surface area (Å²) in [6.45, 7) is -0.00920. The minimum Gasteiger partial charge on any atom is -0.507 e. The second-order valence-electron chi connectivity index (χ2n) is 4.10. The van der Waals surface area contributed by atoms with E-state index in [2.05, 4.69) is 0 Å². The van der Waals surface area contributed by atoms with Crippen LogP contribution in [0.25, 0.3) is 0 Å². The van der Waals surface area contributed by atoms with E-state index in [4.69, 9.17) is 9.47 Å². The summed E-state index contributed by atoms with van der Waals surface area (Å²) in [5, 5.41) is 19.1. The van der Waals surface area contributed by atoms with Crippen LogP contribution in [0.5, 0.6) is 17.2 Å². The molecule has 0 aliphatic rings. The number of ether oxygens (including phenoxy) is 2. The van der Waals surface area contributed by atoms with Gasteiger partial charge < -0.3 is 19.7 Å². The van der Waals surface area contributed by atoms with E-state index in [1.165, 1.54) is 25.3 Å². The molecule has 2 N–H and O–H groups in total. The molecule has 5 heteroatoms. The molecule has 0 bridgehead atoms. The molecule has 0 aromatic heterocycles. The van der Waals surface area contributed by atoms with Gasteiger partial charge in [-0.05, 0) is 29.8 Å². The number of phenols is 2. The van der Waals surface area contributed by atoms with E-state index in [9.17, 15) is 15.0 Å². The first kappa shape index (κ1) is 13.7. The molecule has 0 heterocycles. The quantitative estimate of drug-likeness (QED) is 0.837. The van der Waals surface area contributed by atoms with E-state index in [-0.39, 0.29) is 23.7 Å². The lowest BCUT2D eigenvalue weighted by Gasteiger charge is -2.08. The molecule has 20 heavy (non-hydrogen) atoms. The maximum absolute atomic E-state index is 11.8. The highest BCUT2D eigenvalue weighted by atomic mass is 16.5. The van der Waals surface area contributed by atoms with Gasteiger partial charge in [0, 0.05) is 0 Å².